The van der Waals surface area contributed by atoms with Gasteiger partial charge in [0.05, 0.1) is 26.4 Å². The van der Waals surface area contributed by atoms with E-state index in [0.717, 1.165) is 19.4 Å². The van der Waals surface area contributed by atoms with Gasteiger partial charge in [-0.2, -0.15) is 0 Å². The quantitative estimate of drug-likeness (QED) is 0.530. The maximum Gasteiger partial charge on any atom is 0.245 e. The molecule has 0 atom stereocenters. The summed E-state index contributed by atoms with van der Waals surface area (Å²) in [4.78, 5) is 10.8. The molecular weight excluding hydrogens is 210 g/mol. The fraction of sp³-hybridized carbons (Fsp3) is 0.909. The van der Waals surface area contributed by atoms with Gasteiger partial charge < -0.3 is 19.5 Å². The van der Waals surface area contributed by atoms with Gasteiger partial charge in [0.2, 0.25) is 5.91 Å². The lowest BCUT2D eigenvalue weighted by molar-refractivity contribution is -0.125. The van der Waals surface area contributed by atoms with E-state index in [4.69, 9.17) is 14.2 Å². The third-order valence-corrected chi connectivity index (χ3v) is 1.90. The SMILES string of the molecule is CCCCOCCOCCOCC(=O)NC. The van der Waals surface area contributed by atoms with E-state index in [-0.39, 0.29) is 12.5 Å². The molecule has 0 radical (unpaired) electrons. The maximum atomic E-state index is 10.8. The summed E-state index contributed by atoms with van der Waals surface area (Å²) in [7, 11) is 1.58. The summed E-state index contributed by atoms with van der Waals surface area (Å²) in [6.07, 6.45) is 2.24. The molecule has 1 amide bonds. The molecule has 0 aliphatic heterocycles. The van der Waals surface area contributed by atoms with Crippen LogP contribution in [0.15, 0.2) is 0 Å². The van der Waals surface area contributed by atoms with Gasteiger partial charge in [0.15, 0.2) is 0 Å². The van der Waals surface area contributed by atoms with E-state index in [2.05, 4.69) is 12.2 Å². The van der Waals surface area contributed by atoms with Gasteiger partial charge in [0.25, 0.3) is 0 Å². The van der Waals surface area contributed by atoms with E-state index in [9.17, 15) is 4.79 Å². The third kappa shape index (κ3) is 11.4. The minimum atomic E-state index is -0.122. The Balaban J connectivity index is 2.96. The lowest BCUT2D eigenvalue weighted by Gasteiger charge is -2.06. The second-order valence-electron chi connectivity index (χ2n) is 3.30. The van der Waals surface area contributed by atoms with Crippen molar-refractivity contribution in [2.75, 3.05) is 46.7 Å². The van der Waals surface area contributed by atoms with E-state index in [1.807, 2.05) is 0 Å². The van der Waals surface area contributed by atoms with Crippen molar-refractivity contribution < 1.29 is 19.0 Å². The largest absolute Gasteiger partial charge is 0.379 e. The first-order valence-corrected chi connectivity index (χ1v) is 5.75. The van der Waals surface area contributed by atoms with Crippen LogP contribution in [-0.4, -0.2) is 52.6 Å². The van der Waals surface area contributed by atoms with Crippen molar-refractivity contribution in [3.63, 3.8) is 0 Å². The summed E-state index contributed by atoms with van der Waals surface area (Å²) in [5, 5.41) is 2.47. The van der Waals surface area contributed by atoms with E-state index in [1.165, 1.54) is 0 Å². The molecule has 0 bridgehead atoms. The summed E-state index contributed by atoms with van der Waals surface area (Å²) < 4.78 is 15.6. The van der Waals surface area contributed by atoms with Crippen molar-refractivity contribution >= 4 is 5.91 Å². The standard InChI is InChI=1S/C11H23NO4/c1-3-4-5-14-6-7-15-8-9-16-10-11(13)12-2/h3-10H2,1-2H3,(H,12,13). The molecular formula is C11H23NO4. The van der Waals surface area contributed by atoms with Crippen LogP contribution in [-0.2, 0) is 19.0 Å². The predicted octanol–water partition coefficient (Wildman–Crippen LogP) is 0.582. The zero-order chi connectivity index (χ0) is 12.1. The molecule has 0 fully saturated rings. The highest BCUT2D eigenvalue weighted by Gasteiger charge is 1.96. The zero-order valence-corrected chi connectivity index (χ0v) is 10.3. The van der Waals surface area contributed by atoms with Crippen molar-refractivity contribution in [3.8, 4) is 0 Å². The van der Waals surface area contributed by atoms with Gasteiger partial charge in [-0.05, 0) is 6.42 Å². The number of amides is 1. The first kappa shape index (κ1) is 15.3. The molecule has 0 spiro atoms. The van der Waals surface area contributed by atoms with Crippen molar-refractivity contribution in [1.82, 2.24) is 5.32 Å². The van der Waals surface area contributed by atoms with E-state index >= 15 is 0 Å². The van der Waals surface area contributed by atoms with Crippen LogP contribution in [0.1, 0.15) is 19.8 Å². The number of carbonyl (C=O) groups is 1. The molecule has 0 saturated heterocycles. The molecule has 0 aliphatic rings. The Morgan fingerprint density at radius 2 is 1.56 bits per heavy atom. The molecule has 96 valence electrons. The van der Waals surface area contributed by atoms with Crippen LogP contribution in [0.25, 0.3) is 0 Å². The molecule has 16 heavy (non-hydrogen) atoms. The number of hydrogen-bond donors (Lipinski definition) is 1. The molecule has 5 nitrogen and oxygen atoms in total. The summed E-state index contributed by atoms with van der Waals surface area (Å²) >= 11 is 0. The number of rotatable bonds is 11. The Kier molecular flexibility index (Phi) is 11.9. The van der Waals surface area contributed by atoms with Gasteiger partial charge in [0, 0.05) is 13.7 Å². The molecule has 0 unspecified atom stereocenters. The van der Waals surface area contributed by atoms with E-state index in [1.54, 1.807) is 7.05 Å². The van der Waals surface area contributed by atoms with Gasteiger partial charge >= 0.3 is 0 Å². The molecule has 0 aromatic heterocycles. The van der Waals surface area contributed by atoms with Crippen LogP contribution in [0, 0.1) is 0 Å². The Hall–Kier alpha value is -0.650. The summed E-state index contributed by atoms with van der Waals surface area (Å²) in [5.74, 6) is -0.122. The van der Waals surface area contributed by atoms with Crippen LogP contribution in [0.5, 0.6) is 0 Å². The van der Waals surface area contributed by atoms with Crippen molar-refractivity contribution in [2.24, 2.45) is 0 Å². The Morgan fingerprint density at radius 3 is 2.12 bits per heavy atom. The highest BCUT2D eigenvalue weighted by atomic mass is 16.5. The number of ether oxygens (including phenoxy) is 3. The number of nitrogens with one attached hydrogen (secondary N) is 1. The van der Waals surface area contributed by atoms with E-state index in [0.29, 0.717) is 26.4 Å². The maximum absolute atomic E-state index is 10.8. The van der Waals surface area contributed by atoms with Crippen LogP contribution < -0.4 is 5.32 Å². The third-order valence-electron chi connectivity index (χ3n) is 1.90. The first-order valence-electron chi connectivity index (χ1n) is 5.75. The van der Waals surface area contributed by atoms with Crippen LogP contribution in [0.4, 0.5) is 0 Å². The first-order chi connectivity index (χ1) is 7.81. The Morgan fingerprint density at radius 1 is 1.00 bits per heavy atom. The highest BCUT2D eigenvalue weighted by Crippen LogP contribution is 1.87. The van der Waals surface area contributed by atoms with Gasteiger partial charge in [-0.3, -0.25) is 4.79 Å². The smallest absolute Gasteiger partial charge is 0.245 e. The minimum absolute atomic E-state index is 0.0901. The second-order valence-corrected chi connectivity index (χ2v) is 3.30. The van der Waals surface area contributed by atoms with Gasteiger partial charge in [-0.15, -0.1) is 0 Å². The lowest BCUT2D eigenvalue weighted by atomic mass is 10.4. The number of carbonyl (C=O) groups excluding carboxylic acids is 1. The topological polar surface area (TPSA) is 56.8 Å². The van der Waals surface area contributed by atoms with Crippen LogP contribution in [0.3, 0.4) is 0 Å². The second kappa shape index (κ2) is 12.4. The van der Waals surface area contributed by atoms with Crippen LogP contribution in [0.2, 0.25) is 0 Å². The molecule has 0 aromatic carbocycles. The monoisotopic (exact) mass is 233 g/mol. The molecule has 0 rings (SSSR count). The summed E-state index contributed by atoms with van der Waals surface area (Å²) in [6.45, 7) is 5.14. The fourth-order valence-corrected chi connectivity index (χ4v) is 0.923. The number of likely N-dealkylation sites (N-methyl/N-ethyl adjacent to an activating group) is 1. The Labute approximate surface area is 97.4 Å². The normalized spacial score (nSPS) is 10.4. The summed E-state index contributed by atoms with van der Waals surface area (Å²) in [5.41, 5.74) is 0. The van der Waals surface area contributed by atoms with Crippen molar-refractivity contribution in [1.29, 1.82) is 0 Å². The molecule has 0 heterocycles. The van der Waals surface area contributed by atoms with E-state index < -0.39 is 0 Å². The average molecular weight is 233 g/mol. The average Bonchev–Trinajstić information content (AvgIpc) is 2.31. The lowest BCUT2D eigenvalue weighted by Crippen LogP contribution is -2.24. The Bertz CT molecular complexity index is 164. The molecule has 5 heteroatoms. The molecule has 1 N–H and O–H groups in total. The minimum Gasteiger partial charge on any atom is -0.379 e. The fourth-order valence-electron chi connectivity index (χ4n) is 0.923. The highest BCUT2D eigenvalue weighted by molar-refractivity contribution is 5.76. The zero-order valence-electron chi connectivity index (χ0n) is 10.3. The van der Waals surface area contributed by atoms with Crippen molar-refractivity contribution in [2.45, 2.75) is 19.8 Å². The summed E-state index contributed by atoms with van der Waals surface area (Å²) in [6, 6.07) is 0. The molecule has 0 aliphatic carbocycles. The number of hydrogen-bond acceptors (Lipinski definition) is 4. The van der Waals surface area contributed by atoms with Gasteiger partial charge in [0.1, 0.15) is 6.61 Å². The van der Waals surface area contributed by atoms with Crippen molar-refractivity contribution in [3.05, 3.63) is 0 Å². The van der Waals surface area contributed by atoms with Crippen LogP contribution >= 0.6 is 0 Å². The molecule has 0 aromatic rings. The predicted molar refractivity (Wildman–Crippen MR) is 61.4 cm³/mol. The number of unbranched alkanes of at least 4 members (excludes halogenated alkanes) is 1. The van der Waals surface area contributed by atoms with Gasteiger partial charge in [-0.1, -0.05) is 13.3 Å². The van der Waals surface area contributed by atoms with Gasteiger partial charge in [-0.25, -0.2) is 0 Å². The molecule has 0 saturated carbocycles.